The monoisotopic (exact) mass is 311 g/mol. The van der Waals surface area contributed by atoms with Crippen LogP contribution in [0.15, 0.2) is 40.3 Å². The van der Waals surface area contributed by atoms with E-state index in [1.807, 2.05) is 48.2 Å². The molecule has 1 fully saturated rings. The van der Waals surface area contributed by atoms with Crippen molar-refractivity contribution in [3.05, 3.63) is 53.2 Å². The number of piperidine rings is 1. The largest absolute Gasteiger partial charge is 0.425 e. The summed E-state index contributed by atoms with van der Waals surface area (Å²) < 4.78 is 5.51. The van der Waals surface area contributed by atoms with Gasteiger partial charge >= 0.3 is 0 Å². The summed E-state index contributed by atoms with van der Waals surface area (Å²) in [4.78, 5) is 14.5. The number of benzene rings is 1. The number of carbonyl (C=O) groups excluding carboxylic acids is 1. The van der Waals surface area contributed by atoms with E-state index in [4.69, 9.17) is 4.42 Å². The molecular formula is C18H21N3O2. The fourth-order valence-electron chi connectivity index (χ4n) is 2.92. The van der Waals surface area contributed by atoms with E-state index in [9.17, 15) is 4.79 Å². The van der Waals surface area contributed by atoms with Crippen LogP contribution in [0.1, 0.15) is 43.0 Å². The quantitative estimate of drug-likeness (QED) is 0.817. The van der Waals surface area contributed by atoms with Crippen molar-refractivity contribution >= 4 is 12.0 Å². The molecule has 1 aromatic heterocycles. The number of amides is 1. The topological polar surface area (TPSA) is 59.2 Å². The molecule has 2 heterocycles. The van der Waals surface area contributed by atoms with Crippen molar-refractivity contribution in [2.24, 2.45) is 0 Å². The highest BCUT2D eigenvalue weighted by Gasteiger charge is 2.27. The number of aryl methyl sites for hydroxylation is 1. The second kappa shape index (κ2) is 6.77. The summed E-state index contributed by atoms with van der Waals surface area (Å²) in [6, 6.07) is 9.92. The molecule has 0 atom stereocenters. The van der Waals surface area contributed by atoms with E-state index >= 15 is 0 Å². The molecule has 0 radical (unpaired) electrons. The maximum absolute atomic E-state index is 12.6. The molecule has 1 aliphatic heterocycles. The van der Waals surface area contributed by atoms with E-state index in [1.54, 1.807) is 6.92 Å². The summed E-state index contributed by atoms with van der Waals surface area (Å²) in [7, 11) is 0. The first-order valence-electron chi connectivity index (χ1n) is 7.96. The van der Waals surface area contributed by atoms with Crippen molar-refractivity contribution in [3.63, 3.8) is 0 Å². The normalized spacial score (nSPS) is 16.6. The smallest absolute Gasteiger partial charge is 0.249 e. The number of likely N-dealkylation sites (tertiary alicyclic amines) is 1. The van der Waals surface area contributed by atoms with Gasteiger partial charge in [-0.2, -0.15) is 0 Å². The Morgan fingerprint density at radius 2 is 1.91 bits per heavy atom. The summed E-state index contributed by atoms with van der Waals surface area (Å²) >= 11 is 0. The Morgan fingerprint density at radius 1 is 1.22 bits per heavy atom. The van der Waals surface area contributed by atoms with Crippen LogP contribution in [0.4, 0.5) is 0 Å². The zero-order valence-electron chi connectivity index (χ0n) is 13.5. The van der Waals surface area contributed by atoms with Crippen LogP contribution < -0.4 is 0 Å². The number of hydrogen-bond donors (Lipinski definition) is 0. The molecule has 1 aliphatic rings. The molecule has 0 N–H and O–H groups in total. The predicted molar refractivity (Wildman–Crippen MR) is 87.7 cm³/mol. The number of aromatic nitrogens is 2. The van der Waals surface area contributed by atoms with Crippen LogP contribution in [-0.4, -0.2) is 34.1 Å². The first-order chi connectivity index (χ1) is 11.1. The lowest BCUT2D eigenvalue weighted by Crippen LogP contribution is -2.38. The average Bonchev–Trinajstić information content (AvgIpc) is 3.02. The molecule has 5 nitrogen and oxygen atoms in total. The minimum Gasteiger partial charge on any atom is -0.425 e. The van der Waals surface area contributed by atoms with E-state index in [-0.39, 0.29) is 11.8 Å². The molecule has 1 amide bonds. The van der Waals surface area contributed by atoms with Crippen LogP contribution in [0.5, 0.6) is 0 Å². The standard InChI is InChI=1S/C18H21N3O2/c1-13(12-15-6-4-3-5-7-15)18(22)21-10-8-16(9-11-21)17-20-19-14(2)23-17/h3-7,12,16H,8-11H2,1-2H3/b13-12+. The van der Waals surface area contributed by atoms with Crippen molar-refractivity contribution < 1.29 is 9.21 Å². The second-order valence-corrected chi connectivity index (χ2v) is 5.96. The Balaban J connectivity index is 1.61. The van der Waals surface area contributed by atoms with Crippen LogP contribution in [0.25, 0.3) is 6.08 Å². The van der Waals surface area contributed by atoms with Crippen molar-refractivity contribution in [3.8, 4) is 0 Å². The summed E-state index contributed by atoms with van der Waals surface area (Å²) in [5, 5.41) is 7.98. The Hall–Kier alpha value is -2.43. The zero-order valence-corrected chi connectivity index (χ0v) is 13.5. The molecule has 2 aromatic rings. The molecular weight excluding hydrogens is 290 g/mol. The van der Waals surface area contributed by atoms with Gasteiger partial charge in [-0.1, -0.05) is 30.3 Å². The van der Waals surface area contributed by atoms with Crippen LogP contribution in [0.2, 0.25) is 0 Å². The number of rotatable bonds is 3. The SMILES string of the molecule is C/C(=C\c1ccccc1)C(=O)N1CCC(c2nnc(C)o2)CC1. The van der Waals surface area contributed by atoms with Crippen molar-refractivity contribution in [1.82, 2.24) is 15.1 Å². The number of hydrogen-bond acceptors (Lipinski definition) is 4. The number of carbonyl (C=O) groups is 1. The van der Waals surface area contributed by atoms with E-state index in [2.05, 4.69) is 10.2 Å². The van der Waals surface area contributed by atoms with E-state index in [0.717, 1.165) is 37.1 Å². The third-order valence-electron chi connectivity index (χ3n) is 4.19. The van der Waals surface area contributed by atoms with Crippen LogP contribution in [0, 0.1) is 6.92 Å². The van der Waals surface area contributed by atoms with Gasteiger partial charge in [0.2, 0.25) is 17.7 Å². The van der Waals surface area contributed by atoms with Gasteiger partial charge in [0, 0.05) is 31.5 Å². The Kier molecular flexibility index (Phi) is 4.55. The molecule has 0 spiro atoms. The molecule has 0 aliphatic carbocycles. The zero-order chi connectivity index (χ0) is 16.2. The summed E-state index contributed by atoms with van der Waals surface area (Å²) in [5.41, 5.74) is 1.82. The Labute approximate surface area is 136 Å². The van der Waals surface area contributed by atoms with E-state index in [1.165, 1.54) is 0 Å². The molecule has 5 heteroatoms. The Bertz CT molecular complexity index is 698. The highest BCUT2D eigenvalue weighted by molar-refractivity contribution is 5.97. The van der Waals surface area contributed by atoms with Crippen LogP contribution in [0.3, 0.4) is 0 Å². The third kappa shape index (κ3) is 3.67. The van der Waals surface area contributed by atoms with Crippen molar-refractivity contribution in [1.29, 1.82) is 0 Å². The van der Waals surface area contributed by atoms with Gasteiger partial charge in [0.1, 0.15) is 0 Å². The molecule has 3 rings (SSSR count). The lowest BCUT2D eigenvalue weighted by atomic mass is 9.96. The fraction of sp³-hybridized carbons (Fsp3) is 0.389. The minimum absolute atomic E-state index is 0.106. The molecule has 0 unspecified atom stereocenters. The van der Waals surface area contributed by atoms with Crippen molar-refractivity contribution in [2.45, 2.75) is 32.6 Å². The predicted octanol–water partition coefficient (Wildman–Crippen LogP) is 3.19. The van der Waals surface area contributed by atoms with Gasteiger partial charge in [-0.05, 0) is 31.4 Å². The first-order valence-corrected chi connectivity index (χ1v) is 7.96. The van der Waals surface area contributed by atoms with E-state index < -0.39 is 0 Å². The maximum atomic E-state index is 12.6. The van der Waals surface area contributed by atoms with Gasteiger partial charge in [0.15, 0.2) is 0 Å². The highest BCUT2D eigenvalue weighted by Crippen LogP contribution is 2.27. The summed E-state index contributed by atoms with van der Waals surface area (Å²) in [6.45, 7) is 5.13. The average molecular weight is 311 g/mol. The molecule has 1 saturated heterocycles. The number of nitrogens with zero attached hydrogens (tertiary/aromatic N) is 3. The maximum Gasteiger partial charge on any atom is 0.249 e. The molecule has 120 valence electrons. The highest BCUT2D eigenvalue weighted by atomic mass is 16.4. The van der Waals surface area contributed by atoms with Gasteiger partial charge in [-0.15, -0.1) is 10.2 Å². The molecule has 0 bridgehead atoms. The van der Waals surface area contributed by atoms with Gasteiger partial charge < -0.3 is 9.32 Å². The van der Waals surface area contributed by atoms with Gasteiger partial charge in [0.05, 0.1) is 0 Å². The van der Waals surface area contributed by atoms with Crippen LogP contribution in [-0.2, 0) is 4.79 Å². The lowest BCUT2D eigenvalue weighted by Gasteiger charge is -2.30. The van der Waals surface area contributed by atoms with E-state index in [0.29, 0.717) is 11.8 Å². The van der Waals surface area contributed by atoms with Gasteiger partial charge in [-0.3, -0.25) is 4.79 Å². The van der Waals surface area contributed by atoms with Crippen molar-refractivity contribution in [2.75, 3.05) is 13.1 Å². The first kappa shape index (κ1) is 15.5. The molecule has 1 aromatic carbocycles. The lowest BCUT2D eigenvalue weighted by molar-refractivity contribution is -0.128. The second-order valence-electron chi connectivity index (χ2n) is 5.96. The van der Waals surface area contributed by atoms with Gasteiger partial charge in [-0.25, -0.2) is 0 Å². The summed E-state index contributed by atoms with van der Waals surface area (Å²) in [6.07, 6.45) is 3.67. The molecule has 23 heavy (non-hydrogen) atoms. The third-order valence-corrected chi connectivity index (χ3v) is 4.19. The summed E-state index contributed by atoms with van der Waals surface area (Å²) in [5.74, 6) is 1.67. The molecule has 0 saturated carbocycles. The van der Waals surface area contributed by atoms with Gasteiger partial charge in [0.25, 0.3) is 0 Å². The van der Waals surface area contributed by atoms with Crippen LogP contribution >= 0.6 is 0 Å². The Morgan fingerprint density at radius 3 is 2.52 bits per heavy atom. The minimum atomic E-state index is 0.106. The fourth-order valence-corrected chi connectivity index (χ4v) is 2.92.